The highest BCUT2D eigenvalue weighted by atomic mass is 16.2. The van der Waals surface area contributed by atoms with Crippen LogP contribution in [-0.2, 0) is 0 Å². The molecule has 106 valence electrons. The van der Waals surface area contributed by atoms with E-state index in [1.54, 1.807) is 0 Å². The van der Waals surface area contributed by atoms with Crippen molar-refractivity contribution in [3.8, 4) is 12.3 Å². The third kappa shape index (κ3) is 4.12. The molecule has 0 bridgehead atoms. The van der Waals surface area contributed by atoms with E-state index in [-0.39, 0.29) is 18.6 Å². The first-order valence-corrected chi connectivity index (χ1v) is 6.80. The van der Waals surface area contributed by atoms with Crippen LogP contribution in [0.4, 0.5) is 4.79 Å². The van der Waals surface area contributed by atoms with Crippen molar-refractivity contribution >= 4 is 6.03 Å². The fourth-order valence-electron chi connectivity index (χ4n) is 2.08. The zero-order valence-corrected chi connectivity index (χ0v) is 12.0. The molecule has 2 aromatic rings. The van der Waals surface area contributed by atoms with Crippen molar-refractivity contribution in [2.75, 3.05) is 6.54 Å². The number of aryl methyl sites for hydroxylation is 1. The van der Waals surface area contributed by atoms with Crippen molar-refractivity contribution in [3.63, 3.8) is 0 Å². The van der Waals surface area contributed by atoms with Crippen molar-refractivity contribution in [1.82, 2.24) is 10.6 Å². The second-order valence-corrected chi connectivity index (χ2v) is 4.79. The van der Waals surface area contributed by atoms with Crippen molar-refractivity contribution < 1.29 is 4.79 Å². The highest BCUT2D eigenvalue weighted by molar-refractivity contribution is 5.75. The molecule has 2 N–H and O–H groups in total. The van der Waals surface area contributed by atoms with Crippen molar-refractivity contribution in [3.05, 3.63) is 71.3 Å². The molecule has 3 nitrogen and oxygen atoms in total. The van der Waals surface area contributed by atoms with E-state index in [0.717, 1.165) is 11.1 Å². The molecule has 3 heteroatoms. The van der Waals surface area contributed by atoms with Gasteiger partial charge < -0.3 is 10.6 Å². The molecule has 2 amide bonds. The molecule has 0 unspecified atom stereocenters. The summed E-state index contributed by atoms with van der Waals surface area (Å²) in [6.45, 7) is 2.25. The fraction of sp³-hybridized carbons (Fsp3) is 0.167. The molecule has 2 rings (SSSR count). The minimum atomic E-state index is -0.276. The van der Waals surface area contributed by atoms with Gasteiger partial charge in [0.2, 0.25) is 0 Å². The van der Waals surface area contributed by atoms with Crippen molar-refractivity contribution in [1.29, 1.82) is 0 Å². The molecule has 2 aromatic carbocycles. The third-order valence-electron chi connectivity index (χ3n) is 3.17. The maximum absolute atomic E-state index is 11.9. The largest absolute Gasteiger partial charge is 0.327 e. The van der Waals surface area contributed by atoms with Crippen LogP contribution in [0, 0.1) is 19.3 Å². The van der Waals surface area contributed by atoms with E-state index in [2.05, 4.69) is 16.6 Å². The zero-order valence-electron chi connectivity index (χ0n) is 12.0. The number of rotatable bonds is 4. The molecule has 0 spiro atoms. The first kappa shape index (κ1) is 14.7. The summed E-state index contributed by atoms with van der Waals surface area (Å²) in [5.74, 6) is 2.39. The van der Waals surface area contributed by atoms with Gasteiger partial charge in [0.15, 0.2) is 0 Å². The van der Waals surface area contributed by atoms with Gasteiger partial charge in [-0.3, -0.25) is 0 Å². The molecular weight excluding hydrogens is 260 g/mol. The highest BCUT2D eigenvalue weighted by Gasteiger charge is 2.16. The van der Waals surface area contributed by atoms with E-state index in [4.69, 9.17) is 6.42 Å². The monoisotopic (exact) mass is 278 g/mol. The van der Waals surface area contributed by atoms with Gasteiger partial charge in [0, 0.05) is 0 Å². The second kappa shape index (κ2) is 7.16. The van der Waals surface area contributed by atoms with E-state index in [9.17, 15) is 4.79 Å². The summed E-state index contributed by atoms with van der Waals surface area (Å²) in [5, 5.41) is 5.59. The summed E-state index contributed by atoms with van der Waals surface area (Å²) < 4.78 is 0. The smallest absolute Gasteiger partial charge is 0.316 e. The SMILES string of the molecule is C#CCNC(=O)N[C@H](c1ccccc1)c1ccc(C)cc1. The molecule has 0 heterocycles. The molecule has 0 fully saturated rings. The number of terminal acetylenes is 1. The average molecular weight is 278 g/mol. The summed E-state index contributed by atoms with van der Waals surface area (Å²) in [5.41, 5.74) is 3.24. The van der Waals surface area contributed by atoms with Gasteiger partial charge >= 0.3 is 6.03 Å². The first-order valence-electron chi connectivity index (χ1n) is 6.80. The Hall–Kier alpha value is -2.73. The van der Waals surface area contributed by atoms with Crippen molar-refractivity contribution in [2.45, 2.75) is 13.0 Å². The van der Waals surface area contributed by atoms with Crippen LogP contribution in [0.25, 0.3) is 0 Å². The lowest BCUT2D eigenvalue weighted by molar-refractivity contribution is 0.240. The minimum absolute atomic E-state index is 0.204. The number of urea groups is 1. The number of nitrogens with one attached hydrogen (secondary N) is 2. The van der Waals surface area contributed by atoms with Gasteiger partial charge in [0.05, 0.1) is 12.6 Å². The Bertz CT molecular complexity index is 627. The Morgan fingerprint density at radius 1 is 1.10 bits per heavy atom. The molecule has 0 saturated heterocycles. The molecule has 0 aliphatic carbocycles. The number of carbonyl (C=O) groups is 1. The Morgan fingerprint density at radius 2 is 1.71 bits per heavy atom. The summed E-state index contributed by atoms with van der Waals surface area (Å²) in [7, 11) is 0. The number of hydrogen-bond acceptors (Lipinski definition) is 1. The van der Waals surface area contributed by atoms with Crippen LogP contribution in [0.1, 0.15) is 22.7 Å². The van der Waals surface area contributed by atoms with Crippen LogP contribution in [0.3, 0.4) is 0 Å². The summed E-state index contributed by atoms with van der Waals surface area (Å²) in [4.78, 5) is 11.9. The number of benzene rings is 2. The summed E-state index contributed by atoms with van der Waals surface area (Å²) >= 11 is 0. The van der Waals surface area contributed by atoms with Crippen LogP contribution < -0.4 is 10.6 Å². The predicted molar refractivity (Wildman–Crippen MR) is 84.8 cm³/mol. The van der Waals surface area contributed by atoms with Crippen LogP contribution >= 0.6 is 0 Å². The molecule has 21 heavy (non-hydrogen) atoms. The van der Waals surface area contributed by atoms with E-state index in [0.29, 0.717) is 0 Å². The summed E-state index contributed by atoms with van der Waals surface area (Å²) in [6.07, 6.45) is 5.15. The van der Waals surface area contributed by atoms with Gasteiger partial charge in [-0.05, 0) is 18.1 Å². The maximum Gasteiger partial charge on any atom is 0.316 e. The Kier molecular flexibility index (Phi) is 5.00. The quantitative estimate of drug-likeness (QED) is 0.829. The zero-order chi connectivity index (χ0) is 15.1. The van der Waals surface area contributed by atoms with Crippen LogP contribution in [0.2, 0.25) is 0 Å². The van der Waals surface area contributed by atoms with Crippen molar-refractivity contribution in [2.24, 2.45) is 0 Å². The molecule has 0 radical (unpaired) electrons. The fourth-order valence-corrected chi connectivity index (χ4v) is 2.08. The second-order valence-electron chi connectivity index (χ2n) is 4.79. The Labute approximate surface area is 125 Å². The van der Waals surface area contributed by atoms with E-state index in [1.165, 1.54) is 5.56 Å². The van der Waals surface area contributed by atoms with Gasteiger partial charge in [-0.15, -0.1) is 6.42 Å². The van der Waals surface area contributed by atoms with Gasteiger partial charge in [0.25, 0.3) is 0 Å². The maximum atomic E-state index is 11.9. The molecule has 0 aliphatic rings. The minimum Gasteiger partial charge on any atom is -0.327 e. The number of hydrogen-bond donors (Lipinski definition) is 2. The van der Waals surface area contributed by atoms with E-state index >= 15 is 0 Å². The lowest BCUT2D eigenvalue weighted by Gasteiger charge is -2.20. The van der Waals surface area contributed by atoms with Crippen LogP contribution in [0.5, 0.6) is 0 Å². The Morgan fingerprint density at radius 3 is 2.33 bits per heavy atom. The van der Waals surface area contributed by atoms with Gasteiger partial charge in [-0.1, -0.05) is 66.1 Å². The standard InChI is InChI=1S/C18H18N2O/c1-3-13-19-18(21)20-17(15-7-5-4-6-8-15)16-11-9-14(2)10-12-16/h1,4-12,17H,13H2,2H3,(H2,19,20,21)/t17-/m1/s1. The molecule has 0 saturated carbocycles. The van der Waals surface area contributed by atoms with Crippen LogP contribution in [-0.4, -0.2) is 12.6 Å². The lowest BCUT2D eigenvalue weighted by atomic mass is 9.98. The average Bonchev–Trinajstić information content (AvgIpc) is 2.52. The van der Waals surface area contributed by atoms with Crippen LogP contribution in [0.15, 0.2) is 54.6 Å². The van der Waals surface area contributed by atoms with Gasteiger partial charge in [0.1, 0.15) is 0 Å². The third-order valence-corrected chi connectivity index (χ3v) is 3.17. The molecule has 0 aliphatic heterocycles. The highest BCUT2D eigenvalue weighted by Crippen LogP contribution is 2.22. The van der Waals surface area contributed by atoms with E-state index in [1.807, 2.05) is 61.5 Å². The predicted octanol–water partition coefficient (Wildman–Crippen LogP) is 3.02. The lowest BCUT2D eigenvalue weighted by Crippen LogP contribution is -2.38. The topological polar surface area (TPSA) is 41.1 Å². The normalized spacial score (nSPS) is 11.2. The number of carbonyl (C=O) groups excluding carboxylic acids is 1. The van der Waals surface area contributed by atoms with E-state index < -0.39 is 0 Å². The number of amides is 2. The summed E-state index contributed by atoms with van der Waals surface area (Å²) in [6, 6.07) is 17.5. The van der Waals surface area contributed by atoms with Gasteiger partial charge in [-0.2, -0.15) is 0 Å². The molecule has 1 atom stereocenters. The van der Waals surface area contributed by atoms with Gasteiger partial charge in [-0.25, -0.2) is 4.79 Å². The molecule has 0 aromatic heterocycles. The first-order chi connectivity index (χ1) is 10.2. The molecular formula is C18H18N2O. The Balaban J connectivity index is 2.25.